The van der Waals surface area contributed by atoms with Crippen LogP contribution in [0, 0.1) is 11.8 Å². The van der Waals surface area contributed by atoms with Gasteiger partial charge in [-0.15, -0.1) is 0 Å². The van der Waals surface area contributed by atoms with E-state index in [0.717, 1.165) is 72.8 Å². The van der Waals surface area contributed by atoms with Crippen LogP contribution in [0.1, 0.15) is 149 Å². The number of carboxylic acid groups (broad SMARTS) is 1. The molecule has 0 bridgehead atoms. The molecule has 3 rings (SSSR count). The van der Waals surface area contributed by atoms with Crippen LogP contribution in [0.3, 0.4) is 0 Å². The van der Waals surface area contributed by atoms with E-state index < -0.39 is 66.5 Å². The molecule has 0 aromatic carbocycles. The summed E-state index contributed by atoms with van der Waals surface area (Å²) in [5.74, 6) is -1.21. The zero-order valence-electron chi connectivity index (χ0n) is 47.5. The molecule has 1 amide bonds. The van der Waals surface area contributed by atoms with Crippen LogP contribution in [0.5, 0.6) is 0 Å². The number of cyclic esters (lactones) is 1. The molecule has 16 heteroatoms. The molecule has 2 fully saturated rings. The van der Waals surface area contributed by atoms with Crippen molar-refractivity contribution in [1.29, 1.82) is 0 Å². The summed E-state index contributed by atoms with van der Waals surface area (Å²) in [5.41, 5.74) is -0.669. The molecular weight excluding hydrogens is 949 g/mol. The first-order valence-corrected chi connectivity index (χ1v) is 35.6. The first-order chi connectivity index (χ1) is 33.6. The van der Waals surface area contributed by atoms with Gasteiger partial charge < -0.3 is 47.5 Å². The lowest BCUT2D eigenvalue weighted by Crippen LogP contribution is -2.54. The standard InChI is InChI=1S/C55H102N2O11Si3/c1-17-46(67-70(21-5,22-6)23-7)43(13)52-47(63-52)39-54(14,68-71(24-8,25-9)26-10)34-27-28-41(11)51-42(12)29-31-48(64-53(61)57-37-36-56-44(40-57)30-32-49(58)59)55(15,62-16)35-33-45(38-50(60)65-51)66-69(18-2,19-3)20-4/h27-29,31,34,42-48,51-52,56H,17-26,30,32-33,35-40H2,1-16H3,(H,58,59)/b31-29+,34-27+,41-28+/t42-,43?,44?,45+,46?,47+,48-,51+,52+,54?,55+/m0/s1. The van der Waals surface area contributed by atoms with E-state index in [-0.39, 0.29) is 55.0 Å². The third-order valence-corrected chi connectivity index (χ3v) is 31.4. The van der Waals surface area contributed by atoms with Gasteiger partial charge in [-0.2, -0.15) is 0 Å². The van der Waals surface area contributed by atoms with Crippen LogP contribution in [-0.2, 0) is 41.8 Å². The summed E-state index contributed by atoms with van der Waals surface area (Å²) in [5, 5.41) is 12.7. The molecule has 2 N–H and O–H groups in total. The summed E-state index contributed by atoms with van der Waals surface area (Å²) in [6.45, 7) is 34.3. The molecule has 3 aliphatic heterocycles. The lowest BCUT2D eigenvalue weighted by Gasteiger charge is -2.40. The van der Waals surface area contributed by atoms with E-state index in [2.05, 4.69) is 107 Å². The number of amides is 1. The number of ether oxygens (including phenoxy) is 4. The van der Waals surface area contributed by atoms with Crippen LogP contribution >= 0.6 is 0 Å². The van der Waals surface area contributed by atoms with Crippen molar-refractivity contribution in [2.75, 3.05) is 26.7 Å². The molecule has 0 aromatic heterocycles. The van der Waals surface area contributed by atoms with E-state index in [0.29, 0.717) is 38.9 Å². The van der Waals surface area contributed by atoms with Gasteiger partial charge in [0.15, 0.2) is 31.1 Å². The Morgan fingerprint density at radius 2 is 1.56 bits per heavy atom. The summed E-state index contributed by atoms with van der Waals surface area (Å²) >= 11 is 0. The van der Waals surface area contributed by atoms with Crippen LogP contribution in [0.15, 0.2) is 36.0 Å². The summed E-state index contributed by atoms with van der Waals surface area (Å²) in [6, 6.07) is 9.11. The number of carbonyl (C=O) groups is 3. The third-order valence-electron chi connectivity index (χ3n) is 17.3. The average molecular weight is 1050 g/mol. The van der Waals surface area contributed by atoms with Gasteiger partial charge >= 0.3 is 18.0 Å². The predicted molar refractivity (Wildman–Crippen MR) is 294 cm³/mol. The number of methoxy groups -OCH3 is 1. The number of rotatable bonds is 28. The number of nitrogens with one attached hydrogen (secondary N) is 1. The molecule has 13 nitrogen and oxygen atoms in total. The van der Waals surface area contributed by atoms with Gasteiger partial charge in [0.2, 0.25) is 0 Å². The second kappa shape index (κ2) is 29.2. The summed E-state index contributed by atoms with van der Waals surface area (Å²) in [6.07, 6.45) is 11.4. The van der Waals surface area contributed by atoms with Gasteiger partial charge in [-0.3, -0.25) is 9.59 Å². The first kappa shape index (κ1) is 63.1. The Morgan fingerprint density at radius 1 is 0.958 bits per heavy atom. The van der Waals surface area contributed by atoms with Crippen molar-refractivity contribution < 1.29 is 51.7 Å². The Hall–Kier alpha value is -2.16. The van der Waals surface area contributed by atoms with Gasteiger partial charge in [0, 0.05) is 63.6 Å². The minimum atomic E-state index is -2.16. The molecule has 0 radical (unpaired) electrons. The number of carboxylic acids is 1. The van der Waals surface area contributed by atoms with Crippen molar-refractivity contribution in [1.82, 2.24) is 10.2 Å². The monoisotopic (exact) mass is 1050 g/mol. The number of allylic oxidation sites excluding steroid dienone is 2. The fraction of sp³-hybridized carbons (Fsp3) is 0.836. The van der Waals surface area contributed by atoms with Crippen LogP contribution in [-0.4, -0.2) is 134 Å². The fourth-order valence-electron chi connectivity index (χ4n) is 11.1. The summed E-state index contributed by atoms with van der Waals surface area (Å²) < 4.78 is 47.2. The maximum atomic E-state index is 14.2. The Labute approximate surface area is 434 Å². The Bertz CT molecular complexity index is 1710. The second-order valence-corrected chi connectivity index (χ2v) is 35.8. The van der Waals surface area contributed by atoms with Crippen molar-refractivity contribution in [2.45, 2.75) is 257 Å². The highest BCUT2D eigenvalue weighted by Gasteiger charge is 2.51. The number of hydrogen-bond donors (Lipinski definition) is 2. The largest absolute Gasteiger partial charge is 0.481 e. The Morgan fingerprint density at radius 3 is 2.11 bits per heavy atom. The number of aliphatic carboxylic acids is 1. The minimum Gasteiger partial charge on any atom is -0.481 e. The normalized spacial score (nSPS) is 28.6. The van der Waals surface area contributed by atoms with Gasteiger partial charge in [-0.05, 0) is 113 Å². The third kappa shape index (κ3) is 18.0. The van der Waals surface area contributed by atoms with Crippen molar-refractivity contribution in [3.8, 4) is 0 Å². The Kier molecular flexibility index (Phi) is 26.0. The highest BCUT2D eigenvalue weighted by Crippen LogP contribution is 2.43. The number of nitrogens with zero attached hydrogens (tertiary/aromatic N) is 1. The van der Waals surface area contributed by atoms with Crippen LogP contribution in [0.2, 0.25) is 54.4 Å². The molecule has 11 atom stereocenters. The maximum Gasteiger partial charge on any atom is 0.410 e. The van der Waals surface area contributed by atoms with Gasteiger partial charge in [-0.25, -0.2) is 4.79 Å². The molecule has 2 saturated heterocycles. The number of epoxide rings is 1. The maximum absolute atomic E-state index is 14.2. The predicted octanol–water partition coefficient (Wildman–Crippen LogP) is 12.6. The lowest BCUT2D eigenvalue weighted by atomic mass is 9.88. The van der Waals surface area contributed by atoms with Crippen LogP contribution in [0.4, 0.5) is 4.79 Å². The van der Waals surface area contributed by atoms with Crippen molar-refractivity contribution in [2.24, 2.45) is 11.8 Å². The molecule has 71 heavy (non-hydrogen) atoms. The number of carbonyl (C=O) groups excluding carboxylic acids is 2. The van der Waals surface area contributed by atoms with E-state index in [4.69, 9.17) is 32.2 Å². The highest BCUT2D eigenvalue weighted by molar-refractivity contribution is 6.74. The van der Waals surface area contributed by atoms with Crippen LogP contribution < -0.4 is 5.32 Å². The molecule has 0 saturated carbocycles. The van der Waals surface area contributed by atoms with Gasteiger partial charge in [0.05, 0.1) is 30.3 Å². The minimum absolute atomic E-state index is 0.0123. The van der Waals surface area contributed by atoms with E-state index >= 15 is 0 Å². The van der Waals surface area contributed by atoms with E-state index in [1.54, 1.807) is 12.0 Å². The molecule has 3 aliphatic rings. The molecule has 0 aromatic rings. The smallest absolute Gasteiger partial charge is 0.410 e. The SMILES string of the molecule is CCC(O[Si](CC)(CC)CC)C(C)[C@H]1O[C@@H]1CC(C)(/C=C/C=C(\C)[C@H]1OC(=O)C[C@H](O[Si](CC)(CC)CC)CC[C@@](C)(OC)[C@@H](OC(=O)N2CCNC(CCC(=O)O)C2)/C=C/[C@@H]1C)O[Si](CC)(CC)CC. The Balaban J connectivity index is 2.04. The van der Waals surface area contributed by atoms with E-state index in [1.807, 2.05) is 32.9 Å². The molecule has 4 unspecified atom stereocenters. The fourth-order valence-corrected chi connectivity index (χ4v) is 20.2. The van der Waals surface area contributed by atoms with E-state index in [1.165, 1.54) is 0 Å². The molecular formula is C55H102N2O11Si3. The number of esters is 1. The quantitative estimate of drug-likeness (QED) is 0.0252. The highest BCUT2D eigenvalue weighted by atomic mass is 28.4. The van der Waals surface area contributed by atoms with Crippen molar-refractivity contribution in [3.63, 3.8) is 0 Å². The summed E-state index contributed by atoms with van der Waals surface area (Å²) in [4.78, 5) is 41.2. The zero-order valence-corrected chi connectivity index (χ0v) is 50.5. The van der Waals surface area contributed by atoms with Gasteiger partial charge in [-0.1, -0.05) is 107 Å². The molecule has 0 spiro atoms. The van der Waals surface area contributed by atoms with Gasteiger partial charge in [0.1, 0.15) is 11.7 Å². The van der Waals surface area contributed by atoms with Gasteiger partial charge in [0.25, 0.3) is 0 Å². The summed E-state index contributed by atoms with van der Waals surface area (Å²) in [7, 11) is -4.39. The second-order valence-electron chi connectivity index (χ2n) is 21.7. The number of hydrogen-bond acceptors (Lipinski definition) is 11. The van der Waals surface area contributed by atoms with Crippen molar-refractivity contribution >= 4 is 43.0 Å². The molecule has 3 heterocycles. The van der Waals surface area contributed by atoms with E-state index in [9.17, 15) is 19.5 Å². The average Bonchev–Trinajstić information content (AvgIpc) is 4.14. The van der Waals surface area contributed by atoms with Crippen LogP contribution in [0.25, 0.3) is 0 Å². The first-order valence-electron chi connectivity index (χ1n) is 28.0. The topological polar surface area (TPSA) is 155 Å². The number of piperazine rings is 1. The lowest BCUT2D eigenvalue weighted by molar-refractivity contribution is -0.151. The van der Waals surface area contributed by atoms with Crippen molar-refractivity contribution in [3.05, 3.63) is 36.0 Å². The molecule has 410 valence electrons. The zero-order chi connectivity index (χ0) is 53.2. The molecule has 0 aliphatic carbocycles.